The summed E-state index contributed by atoms with van der Waals surface area (Å²) in [6.45, 7) is 0. The maximum absolute atomic E-state index is 2.47. The highest BCUT2D eigenvalue weighted by Gasteiger charge is 2.22. The molecule has 0 radical (unpaired) electrons. The molecular weight excluding hydrogens is 983 g/mol. The highest BCUT2D eigenvalue weighted by Crippen LogP contribution is 2.49. The summed E-state index contributed by atoms with van der Waals surface area (Å²) in [6.07, 6.45) is 0. The van der Waals surface area contributed by atoms with Crippen LogP contribution < -0.4 is 0 Å². The maximum atomic E-state index is 2.47. The molecule has 0 aliphatic heterocycles. The summed E-state index contributed by atoms with van der Waals surface area (Å²) in [4.78, 5) is 0. The number of hydrogen-bond acceptors (Lipinski definition) is 1. The lowest BCUT2D eigenvalue weighted by Gasteiger charge is -2.18. The minimum atomic E-state index is 1.13. The molecule has 0 atom stereocenters. The monoisotopic (exact) mass is 1030 g/mol. The van der Waals surface area contributed by atoms with Gasteiger partial charge in [0.2, 0.25) is 0 Å². The second kappa shape index (κ2) is 18.8. The third-order valence-corrected chi connectivity index (χ3v) is 17.8. The van der Waals surface area contributed by atoms with Crippen molar-refractivity contribution in [3.8, 4) is 83.6 Å². The van der Waals surface area contributed by atoms with Crippen LogP contribution in [0, 0.1) is 0 Å². The van der Waals surface area contributed by atoms with Crippen LogP contribution in [0.1, 0.15) is 0 Å². The molecular formula is C78H49NS. The second-order valence-corrected chi connectivity index (χ2v) is 22.1. The van der Waals surface area contributed by atoms with Crippen LogP contribution in [-0.4, -0.2) is 4.57 Å². The molecule has 80 heavy (non-hydrogen) atoms. The summed E-state index contributed by atoms with van der Waals surface area (Å²) in [7, 11) is 0. The molecule has 0 aliphatic rings. The van der Waals surface area contributed by atoms with Crippen molar-refractivity contribution in [1.82, 2.24) is 4.57 Å². The van der Waals surface area contributed by atoms with E-state index in [1.54, 1.807) is 0 Å². The molecule has 1 nitrogen and oxygen atoms in total. The van der Waals surface area contributed by atoms with E-state index in [1.165, 1.54) is 152 Å². The highest BCUT2D eigenvalue weighted by atomic mass is 32.1. The molecule has 0 spiro atoms. The zero-order valence-corrected chi connectivity index (χ0v) is 44.5. The standard InChI is InChI=1S/C78H49NS/c1-4-19-50(20-5-1)56-27-18-28-59(44-56)69-47-61(49-72-71-48-60(57-36-35-51-21-10-11-26-55(51)43-57)46-68(77(71)80-78(69)72)52-22-6-2-7-23-52)58-39-42-74-70(45-58)63-29-16-17-34-73(63)79(74)62-40-37-54(38-41-62)76-66-32-14-12-30-64(66)75(53-24-8-3-9-25-53)65-31-13-15-33-67(65)76/h1-49H. The molecule has 2 aromatic heterocycles. The van der Waals surface area contributed by atoms with Crippen molar-refractivity contribution < 1.29 is 0 Å². The van der Waals surface area contributed by atoms with Crippen LogP contribution >= 0.6 is 11.3 Å². The molecule has 0 N–H and O–H groups in total. The van der Waals surface area contributed by atoms with Crippen molar-refractivity contribution in [2.45, 2.75) is 0 Å². The van der Waals surface area contributed by atoms with Gasteiger partial charge in [0, 0.05) is 47.8 Å². The van der Waals surface area contributed by atoms with Gasteiger partial charge in [0.25, 0.3) is 0 Å². The number of para-hydroxylation sites is 1. The Hall–Kier alpha value is -10.1. The molecule has 16 rings (SSSR count). The van der Waals surface area contributed by atoms with E-state index in [2.05, 4.69) is 302 Å². The molecule has 0 bridgehead atoms. The Morgan fingerprint density at radius 2 is 0.637 bits per heavy atom. The zero-order valence-electron chi connectivity index (χ0n) is 43.6. The lowest BCUT2D eigenvalue weighted by Crippen LogP contribution is -1.94. The van der Waals surface area contributed by atoms with Crippen LogP contribution in [0.15, 0.2) is 297 Å². The lowest BCUT2D eigenvalue weighted by atomic mass is 9.86. The van der Waals surface area contributed by atoms with E-state index in [4.69, 9.17) is 0 Å². The summed E-state index contributed by atoms with van der Waals surface area (Å²) >= 11 is 1.92. The van der Waals surface area contributed by atoms with Gasteiger partial charge < -0.3 is 4.57 Å². The first-order valence-corrected chi connectivity index (χ1v) is 28.4. The van der Waals surface area contributed by atoms with Gasteiger partial charge in [-0.25, -0.2) is 0 Å². The fraction of sp³-hybridized carbons (Fsp3) is 0. The fourth-order valence-corrected chi connectivity index (χ4v) is 14.1. The predicted molar refractivity (Wildman–Crippen MR) is 344 cm³/mol. The zero-order chi connectivity index (χ0) is 52.7. The summed E-state index contributed by atoms with van der Waals surface area (Å²) in [5.74, 6) is 0. The topological polar surface area (TPSA) is 4.93 Å². The van der Waals surface area contributed by atoms with E-state index in [1.807, 2.05) is 11.3 Å². The number of nitrogens with zero attached hydrogens (tertiary/aromatic N) is 1. The van der Waals surface area contributed by atoms with Gasteiger partial charge in [0.15, 0.2) is 0 Å². The van der Waals surface area contributed by atoms with Gasteiger partial charge in [-0.3, -0.25) is 0 Å². The molecule has 372 valence electrons. The van der Waals surface area contributed by atoms with E-state index >= 15 is 0 Å². The Labute approximate surface area is 468 Å². The van der Waals surface area contributed by atoms with Crippen molar-refractivity contribution in [2.24, 2.45) is 0 Å². The molecule has 2 heterocycles. The summed E-state index contributed by atoms with van der Waals surface area (Å²) < 4.78 is 5.03. The molecule has 0 amide bonds. The van der Waals surface area contributed by atoms with Gasteiger partial charge in [-0.1, -0.05) is 231 Å². The van der Waals surface area contributed by atoms with Crippen molar-refractivity contribution >= 4 is 85.6 Å². The molecule has 2 heteroatoms. The Morgan fingerprint density at radius 3 is 1.27 bits per heavy atom. The predicted octanol–water partition coefficient (Wildman–Crippen LogP) is 22.3. The Morgan fingerprint density at radius 1 is 0.212 bits per heavy atom. The van der Waals surface area contributed by atoms with Crippen molar-refractivity contribution in [2.75, 3.05) is 0 Å². The summed E-state index contributed by atoms with van der Waals surface area (Å²) in [6, 6.07) is 110. The van der Waals surface area contributed by atoms with Gasteiger partial charge >= 0.3 is 0 Å². The SMILES string of the molecule is c1ccc(-c2cccc(-c3cc(-c4ccc5c(c4)c4ccccc4n5-c4ccc(-c5c6ccccc6c(-c6ccccc6)c6ccccc56)cc4)cc4c3sc3c(-c5ccccc5)cc(-c5ccc6ccccc6c5)cc34)c2)cc1. The molecule has 16 aromatic rings. The number of fused-ring (bicyclic) bond motifs is 9. The highest BCUT2D eigenvalue weighted by molar-refractivity contribution is 7.27. The van der Waals surface area contributed by atoms with Gasteiger partial charge in [-0.05, 0) is 166 Å². The van der Waals surface area contributed by atoms with Gasteiger partial charge in [0.05, 0.1) is 11.0 Å². The van der Waals surface area contributed by atoms with E-state index in [9.17, 15) is 0 Å². The van der Waals surface area contributed by atoms with E-state index in [-0.39, 0.29) is 0 Å². The molecule has 0 aliphatic carbocycles. The molecule has 0 fully saturated rings. The Kier molecular flexibility index (Phi) is 10.8. The normalized spacial score (nSPS) is 11.8. The van der Waals surface area contributed by atoms with Crippen molar-refractivity contribution in [1.29, 1.82) is 0 Å². The number of aromatic nitrogens is 1. The maximum Gasteiger partial charge on any atom is 0.0541 e. The number of hydrogen-bond donors (Lipinski definition) is 0. The average Bonchev–Trinajstić information content (AvgIpc) is 4.26. The van der Waals surface area contributed by atoms with Crippen LogP contribution in [0.5, 0.6) is 0 Å². The van der Waals surface area contributed by atoms with E-state index in [0.29, 0.717) is 0 Å². The molecule has 14 aromatic carbocycles. The Balaban J connectivity index is 0.880. The van der Waals surface area contributed by atoms with Crippen LogP contribution in [0.3, 0.4) is 0 Å². The third-order valence-electron chi connectivity index (χ3n) is 16.5. The molecule has 0 saturated carbocycles. The van der Waals surface area contributed by atoms with Crippen LogP contribution in [0.2, 0.25) is 0 Å². The minimum Gasteiger partial charge on any atom is -0.309 e. The average molecular weight is 1030 g/mol. The number of rotatable bonds is 8. The number of benzene rings is 14. The fourth-order valence-electron chi connectivity index (χ4n) is 12.8. The first-order valence-electron chi connectivity index (χ1n) is 27.5. The lowest BCUT2D eigenvalue weighted by molar-refractivity contribution is 1.18. The minimum absolute atomic E-state index is 1.13. The Bertz CT molecular complexity index is 5030. The number of thiophene rings is 1. The molecule has 0 saturated heterocycles. The van der Waals surface area contributed by atoms with Crippen LogP contribution in [0.25, 0.3) is 158 Å². The van der Waals surface area contributed by atoms with Gasteiger partial charge in [0.1, 0.15) is 0 Å². The van der Waals surface area contributed by atoms with Crippen molar-refractivity contribution in [3.63, 3.8) is 0 Å². The second-order valence-electron chi connectivity index (χ2n) is 21.1. The quantitative estimate of drug-likeness (QED) is 0.134. The summed E-state index contributed by atoms with van der Waals surface area (Å²) in [5.41, 5.74) is 20.6. The largest absolute Gasteiger partial charge is 0.309 e. The molecule has 0 unspecified atom stereocenters. The van der Waals surface area contributed by atoms with E-state index in [0.717, 1.165) is 5.69 Å². The van der Waals surface area contributed by atoms with Crippen molar-refractivity contribution in [3.05, 3.63) is 297 Å². The first-order chi connectivity index (χ1) is 39.7. The van der Waals surface area contributed by atoms with Gasteiger partial charge in [-0.15, -0.1) is 11.3 Å². The smallest absolute Gasteiger partial charge is 0.0541 e. The van der Waals surface area contributed by atoms with Crippen LogP contribution in [0.4, 0.5) is 0 Å². The third kappa shape index (κ3) is 7.60. The van der Waals surface area contributed by atoms with Crippen LogP contribution in [-0.2, 0) is 0 Å². The van der Waals surface area contributed by atoms with Gasteiger partial charge in [-0.2, -0.15) is 0 Å². The van der Waals surface area contributed by atoms with E-state index < -0.39 is 0 Å². The summed E-state index contributed by atoms with van der Waals surface area (Å²) in [5, 5.41) is 12.5. The first kappa shape index (κ1) is 46.0.